The number of benzene rings is 3. The molecule has 7 heteroatoms. The maximum atomic E-state index is 13.3. The zero-order chi connectivity index (χ0) is 23.9. The number of aliphatic hydroxyl groups excluding tert-OH is 1. The first-order chi connectivity index (χ1) is 15.6. The van der Waals surface area contributed by atoms with E-state index in [1.807, 2.05) is 13.8 Å². The van der Waals surface area contributed by atoms with Crippen molar-refractivity contribution in [2.24, 2.45) is 0 Å². The van der Waals surface area contributed by atoms with Gasteiger partial charge in [-0.25, -0.2) is 0 Å². The molecule has 1 saturated heterocycles. The Morgan fingerprint density at radius 1 is 0.879 bits per heavy atom. The average Bonchev–Trinajstić information content (AvgIpc) is 3.04. The van der Waals surface area contributed by atoms with Crippen LogP contribution in [0.3, 0.4) is 0 Å². The summed E-state index contributed by atoms with van der Waals surface area (Å²) in [4.78, 5) is 27.2. The molecule has 1 aliphatic rings. The van der Waals surface area contributed by atoms with Crippen molar-refractivity contribution in [3.8, 4) is 0 Å². The van der Waals surface area contributed by atoms with E-state index < -0.39 is 29.5 Å². The lowest BCUT2D eigenvalue weighted by Gasteiger charge is -2.26. The van der Waals surface area contributed by atoms with E-state index in [1.54, 1.807) is 48.5 Å². The van der Waals surface area contributed by atoms with E-state index in [9.17, 15) is 27.9 Å². The number of nitrogens with zero attached hydrogens (tertiary/aromatic N) is 1. The number of hydrogen-bond acceptors (Lipinski definition) is 3. The topological polar surface area (TPSA) is 57.6 Å². The van der Waals surface area contributed by atoms with Gasteiger partial charge in [-0.2, -0.15) is 13.2 Å². The van der Waals surface area contributed by atoms with Crippen LogP contribution in [0.4, 0.5) is 18.9 Å². The largest absolute Gasteiger partial charge is 0.507 e. The molecule has 4 rings (SSSR count). The van der Waals surface area contributed by atoms with Gasteiger partial charge < -0.3 is 5.11 Å². The van der Waals surface area contributed by atoms with E-state index in [2.05, 4.69) is 0 Å². The van der Waals surface area contributed by atoms with Crippen molar-refractivity contribution in [1.29, 1.82) is 0 Å². The summed E-state index contributed by atoms with van der Waals surface area (Å²) in [6, 6.07) is 16.8. The van der Waals surface area contributed by atoms with Crippen LogP contribution in [0, 0.1) is 13.8 Å². The molecule has 0 aromatic heterocycles. The normalized spacial score (nSPS) is 18.1. The van der Waals surface area contributed by atoms with Crippen LogP contribution in [-0.2, 0) is 15.8 Å². The van der Waals surface area contributed by atoms with E-state index in [4.69, 9.17) is 0 Å². The maximum Gasteiger partial charge on any atom is 0.416 e. The quantitative estimate of drug-likeness (QED) is 0.304. The summed E-state index contributed by atoms with van der Waals surface area (Å²) in [5, 5.41) is 11.0. The molecular formula is C26H20F3NO3. The minimum Gasteiger partial charge on any atom is -0.507 e. The van der Waals surface area contributed by atoms with Crippen molar-refractivity contribution in [3.63, 3.8) is 0 Å². The predicted octanol–water partition coefficient (Wildman–Crippen LogP) is 5.95. The van der Waals surface area contributed by atoms with Gasteiger partial charge >= 0.3 is 6.18 Å². The SMILES string of the molecule is Cc1ccc(C(O)=C2C(=O)C(=O)N(c3cccc(C(F)(F)F)c3)[C@H]2c2ccc(C)cc2)cc1. The molecule has 33 heavy (non-hydrogen) atoms. The van der Waals surface area contributed by atoms with Crippen LogP contribution < -0.4 is 4.90 Å². The Morgan fingerprint density at radius 2 is 1.45 bits per heavy atom. The number of amides is 1. The summed E-state index contributed by atoms with van der Waals surface area (Å²) in [5.41, 5.74) is 1.48. The molecule has 168 valence electrons. The number of carbonyl (C=O) groups is 2. The molecule has 1 amide bonds. The number of rotatable bonds is 3. The highest BCUT2D eigenvalue weighted by Crippen LogP contribution is 2.43. The van der Waals surface area contributed by atoms with Gasteiger partial charge in [-0.1, -0.05) is 65.7 Å². The summed E-state index contributed by atoms with van der Waals surface area (Å²) in [7, 11) is 0. The fourth-order valence-corrected chi connectivity index (χ4v) is 3.86. The predicted molar refractivity (Wildman–Crippen MR) is 119 cm³/mol. The van der Waals surface area contributed by atoms with Crippen molar-refractivity contribution in [3.05, 3.63) is 106 Å². The molecule has 3 aromatic carbocycles. The minimum atomic E-state index is -4.62. The minimum absolute atomic E-state index is 0.0829. The molecule has 3 aromatic rings. The average molecular weight is 451 g/mol. The van der Waals surface area contributed by atoms with Crippen molar-refractivity contribution in [1.82, 2.24) is 0 Å². The summed E-state index contributed by atoms with van der Waals surface area (Å²) < 4.78 is 40.0. The van der Waals surface area contributed by atoms with Crippen LogP contribution >= 0.6 is 0 Å². The lowest BCUT2D eigenvalue weighted by Crippen LogP contribution is -2.29. The van der Waals surface area contributed by atoms with Crippen LogP contribution in [0.15, 0.2) is 78.4 Å². The Balaban J connectivity index is 1.94. The van der Waals surface area contributed by atoms with Gasteiger partial charge in [0, 0.05) is 11.3 Å². The van der Waals surface area contributed by atoms with Gasteiger partial charge in [0.2, 0.25) is 0 Å². The molecule has 0 aliphatic carbocycles. The fraction of sp³-hybridized carbons (Fsp3) is 0.154. The maximum absolute atomic E-state index is 13.3. The molecular weight excluding hydrogens is 431 g/mol. The van der Waals surface area contributed by atoms with Crippen molar-refractivity contribution >= 4 is 23.1 Å². The summed E-state index contributed by atoms with van der Waals surface area (Å²) in [6.45, 7) is 3.72. The van der Waals surface area contributed by atoms with Gasteiger partial charge in [0.25, 0.3) is 11.7 Å². The summed E-state index contributed by atoms with van der Waals surface area (Å²) in [6.07, 6.45) is -4.62. The first-order valence-corrected chi connectivity index (χ1v) is 10.2. The molecule has 1 heterocycles. The Hall–Kier alpha value is -3.87. The lowest BCUT2D eigenvalue weighted by molar-refractivity contribution is -0.137. The number of halogens is 3. The highest BCUT2D eigenvalue weighted by atomic mass is 19.4. The molecule has 1 atom stereocenters. The number of Topliss-reactive ketones (excluding diaryl/α,β-unsaturated/α-hetero) is 1. The molecule has 1 N–H and O–H groups in total. The zero-order valence-corrected chi connectivity index (χ0v) is 17.9. The van der Waals surface area contributed by atoms with E-state index in [0.29, 0.717) is 11.1 Å². The van der Waals surface area contributed by atoms with Crippen molar-refractivity contribution in [2.75, 3.05) is 4.90 Å². The molecule has 0 radical (unpaired) electrons. The Labute approximate surface area is 188 Å². The first kappa shape index (κ1) is 22.3. The lowest BCUT2D eigenvalue weighted by atomic mass is 9.94. The second-order valence-electron chi connectivity index (χ2n) is 7.99. The molecule has 0 bridgehead atoms. The standard InChI is InChI=1S/C26H20F3NO3/c1-15-6-10-17(11-7-15)22-21(23(31)18-12-8-16(2)9-13-18)24(32)25(33)30(22)20-5-3-4-19(14-20)26(27,28)29/h3-14,22,31H,1-2H3/t22-/m0/s1. The monoisotopic (exact) mass is 451 g/mol. The number of hydrogen-bond donors (Lipinski definition) is 1. The number of aryl methyl sites for hydroxylation is 2. The van der Waals surface area contributed by atoms with E-state index in [1.165, 1.54) is 12.1 Å². The van der Waals surface area contributed by atoms with E-state index >= 15 is 0 Å². The van der Waals surface area contributed by atoms with Crippen LogP contribution in [0.1, 0.15) is 33.9 Å². The van der Waals surface area contributed by atoms with Crippen LogP contribution in [0.5, 0.6) is 0 Å². The molecule has 1 fully saturated rings. The Morgan fingerprint density at radius 3 is 2.03 bits per heavy atom. The van der Waals surface area contributed by atoms with Crippen molar-refractivity contribution in [2.45, 2.75) is 26.1 Å². The highest BCUT2D eigenvalue weighted by Gasteiger charge is 2.47. The third-order valence-electron chi connectivity index (χ3n) is 5.61. The number of carbonyl (C=O) groups excluding carboxylic acids is 2. The van der Waals surface area contributed by atoms with Crippen LogP contribution in [0.2, 0.25) is 0 Å². The number of aliphatic hydroxyl groups is 1. The van der Waals surface area contributed by atoms with E-state index in [0.717, 1.165) is 28.2 Å². The first-order valence-electron chi connectivity index (χ1n) is 10.2. The van der Waals surface area contributed by atoms with Crippen molar-refractivity contribution < 1.29 is 27.9 Å². The Bertz CT molecular complexity index is 1260. The van der Waals surface area contributed by atoms with Crippen LogP contribution in [0.25, 0.3) is 5.76 Å². The summed E-state index contributed by atoms with van der Waals surface area (Å²) in [5.74, 6) is -2.35. The van der Waals surface area contributed by atoms with Gasteiger partial charge in [-0.15, -0.1) is 0 Å². The highest BCUT2D eigenvalue weighted by molar-refractivity contribution is 6.51. The van der Waals surface area contributed by atoms with Gasteiger partial charge in [0.1, 0.15) is 5.76 Å². The molecule has 4 nitrogen and oxygen atoms in total. The van der Waals surface area contributed by atoms with E-state index in [-0.39, 0.29) is 17.0 Å². The number of alkyl halides is 3. The molecule has 0 unspecified atom stereocenters. The smallest absolute Gasteiger partial charge is 0.416 e. The van der Waals surface area contributed by atoms with Gasteiger partial charge in [-0.05, 0) is 37.6 Å². The van der Waals surface area contributed by atoms with Crippen LogP contribution in [-0.4, -0.2) is 16.8 Å². The second-order valence-corrected chi connectivity index (χ2v) is 7.99. The molecule has 0 saturated carbocycles. The van der Waals surface area contributed by atoms with Gasteiger partial charge in [0.15, 0.2) is 0 Å². The zero-order valence-electron chi connectivity index (χ0n) is 17.9. The number of ketones is 1. The van der Waals surface area contributed by atoms with Gasteiger partial charge in [-0.3, -0.25) is 14.5 Å². The third kappa shape index (κ3) is 4.14. The fourth-order valence-electron chi connectivity index (χ4n) is 3.86. The molecule has 1 aliphatic heterocycles. The summed E-state index contributed by atoms with van der Waals surface area (Å²) >= 11 is 0. The molecule has 0 spiro atoms. The number of anilines is 1. The van der Waals surface area contributed by atoms with Gasteiger partial charge in [0.05, 0.1) is 17.2 Å². The second kappa shape index (κ2) is 8.24. The Kier molecular flexibility index (Phi) is 5.57. The third-order valence-corrected chi connectivity index (χ3v) is 5.61.